The summed E-state index contributed by atoms with van der Waals surface area (Å²) < 4.78 is 35.5. The monoisotopic (exact) mass is 711 g/mol. The van der Waals surface area contributed by atoms with Gasteiger partial charge in [0.1, 0.15) is 12.4 Å². The van der Waals surface area contributed by atoms with E-state index in [1.54, 1.807) is 34.9 Å². The fourth-order valence-corrected chi connectivity index (χ4v) is 6.54. The number of hydrogen-bond donors (Lipinski definition) is 4. The van der Waals surface area contributed by atoms with Crippen LogP contribution in [0.4, 0.5) is 0 Å². The number of ether oxygens (including phenoxy) is 1. The SMILES string of the molecule is CN(CCOc1ccccc1Cc1ccccc1)CCN(C(C)(C)C)S(=O)(=O)c1cccc2cnccc12.O=C(O)C(=O)O.O=C(O)C(=O)O. The van der Waals surface area contributed by atoms with Gasteiger partial charge in [-0.05, 0) is 57.1 Å². The van der Waals surface area contributed by atoms with Crippen LogP contribution in [0.1, 0.15) is 31.9 Å². The van der Waals surface area contributed by atoms with Crippen LogP contribution in [0.25, 0.3) is 10.8 Å². The van der Waals surface area contributed by atoms with Crippen LogP contribution in [-0.4, -0.2) is 106 Å². The van der Waals surface area contributed by atoms with Gasteiger partial charge in [0.2, 0.25) is 10.0 Å². The van der Waals surface area contributed by atoms with Crippen LogP contribution < -0.4 is 4.74 Å². The Balaban J connectivity index is 0.000000619. The maximum Gasteiger partial charge on any atom is 0.414 e. The summed E-state index contributed by atoms with van der Waals surface area (Å²) in [5, 5.41) is 31.1. The van der Waals surface area contributed by atoms with Gasteiger partial charge in [-0.25, -0.2) is 27.6 Å². The topological polar surface area (TPSA) is 212 Å². The van der Waals surface area contributed by atoms with Gasteiger partial charge in [-0.1, -0.05) is 60.7 Å². The van der Waals surface area contributed by atoms with Crippen LogP contribution in [0.15, 0.2) is 96.2 Å². The van der Waals surface area contributed by atoms with Gasteiger partial charge >= 0.3 is 23.9 Å². The van der Waals surface area contributed by atoms with Gasteiger partial charge in [0.25, 0.3) is 0 Å². The summed E-state index contributed by atoms with van der Waals surface area (Å²) in [6.45, 7) is 7.95. The Morgan fingerprint density at radius 2 is 1.32 bits per heavy atom. The van der Waals surface area contributed by atoms with Crippen molar-refractivity contribution in [3.63, 3.8) is 0 Å². The third kappa shape index (κ3) is 12.9. The molecule has 0 saturated heterocycles. The maximum absolute atomic E-state index is 13.9. The van der Waals surface area contributed by atoms with Gasteiger partial charge in [-0.3, -0.25) is 4.98 Å². The van der Waals surface area contributed by atoms with E-state index >= 15 is 0 Å². The normalized spacial score (nSPS) is 11.2. The highest BCUT2D eigenvalue weighted by Gasteiger charge is 2.34. The van der Waals surface area contributed by atoms with Crippen LogP contribution in [0.3, 0.4) is 0 Å². The van der Waals surface area contributed by atoms with Crippen molar-refractivity contribution in [3.05, 3.63) is 102 Å². The molecule has 15 heteroatoms. The molecule has 0 unspecified atom stereocenters. The first-order valence-corrected chi connectivity index (χ1v) is 16.6. The zero-order chi connectivity index (χ0) is 37.5. The average molecular weight is 712 g/mol. The molecule has 0 bridgehead atoms. The third-order valence-electron chi connectivity index (χ3n) is 6.95. The summed E-state index contributed by atoms with van der Waals surface area (Å²) in [5.74, 6) is -6.41. The standard InChI is InChI=1S/C31H37N3O3S.2C2H2O4/c1-31(2,3)34(38(35,36)30-16-10-14-27-24-32-18-17-28(27)30)20-19-33(4)21-22-37-29-15-9-8-13-26(29)23-25-11-6-5-7-12-25;2*3-1(4)2(5)6/h5-18,24H,19-23H2,1-4H3;2*(H,3,4)(H,5,6). The minimum absolute atomic E-state index is 0.313. The summed E-state index contributed by atoms with van der Waals surface area (Å²) in [6, 6.07) is 25.6. The molecule has 50 heavy (non-hydrogen) atoms. The van der Waals surface area contributed by atoms with Gasteiger partial charge < -0.3 is 30.1 Å². The summed E-state index contributed by atoms with van der Waals surface area (Å²) in [6.07, 6.45) is 4.14. The number of hydrogen-bond acceptors (Lipinski definition) is 9. The predicted octanol–water partition coefficient (Wildman–Crippen LogP) is 3.94. The smallest absolute Gasteiger partial charge is 0.414 e. The van der Waals surface area contributed by atoms with E-state index in [0.717, 1.165) is 23.1 Å². The van der Waals surface area contributed by atoms with Crippen molar-refractivity contribution in [2.45, 2.75) is 37.6 Å². The molecule has 3 aromatic carbocycles. The van der Waals surface area contributed by atoms with E-state index in [1.807, 2.05) is 70.3 Å². The number of carboxylic acid groups (broad SMARTS) is 4. The number of aliphatic carboxylic acids is 4. The van der Waals surface area contributed by atoms with Crippen LogP contribution in [0.2, 0.25) is 0 Å². The minimum atomic E-state index is -3.73. The summed E-state index contributed by atoms with van der Waals surface area (Å²) >= 11 is 0. The molecule has 14 nitrogen and oxygen atoms in total. The molecule has 4 aromatic rings. The van der Waals surface area contributed by atoms with Gasteiger partial charge in [-0.15, -0.1) is 0 Å². The number of sulfonamides is 1. The lowest BCUT2D eigenvalue weighted by atomic mass is 10.0. The summed E-state index contributed by atoms with van der Waals surface area (Å²) in [4.78, 5) is 43.0. The molecule has 0 amide bonds. The highest BCUT2D eigenvalue weighted by Crippen LogP contribution is 2.29. The molecule has 0 radical (unpaired) electrons. The van der Waals surface area contributed by atoms with Crippen molar-refractivity contribution in [3.8, 4) is 5.75 Å². The second-order valence-corrected chi connectivity index (χ2v) is 13.6. The van der Waals surface area contributed by atoms with Crippen molar-refractivity contribution < 1.29 is 52.8 Å². The predicted molar refractivity (Wildman–Crippen MR) is 185 cm³/mol. The Bertz CT molecular complexity index is 1810. The Kier molecular flexibility index (Phi) is 15.5. The molecular weight excluding hydrogens is 670 g/mol. The zero-order valence-corrected chi connectivity index (χ0v) is 28.9. The number of benzene rings is 3. The number of pyridine rings is 1. The number of fused-ring (bicyclic) bond motifs is 1. The number of nitrogens with zero attached hydrogens (tertiary/aromatic N) is 3. The molecule has 0 saturated carbocycles. The van der Waals surface area contributed by atoms with Gasteiger partial charge in [-0.2, -0.15) is 4.31 Å². The fraction of sp³-hybridized carbons (Fsp3) is 0.286. The first-order chi connectivity index (χ1) is 23.4. The highest BCUT2D eigenvalue weighted by molar-refractivity contribution is 7.89. The Morgan fingerprint density at radius 1 is 0.740 bits per heavy atom. The van der Waals surface area contributed by atoms with Crippen molar-refractivity contribution in [1.29, 1.82) is 0 Å². The molecule has 0 atom stereocenters. The van der Waals surface area contributed by atoms with Crippen LogP contribution >= 0.6 is 0 Å². The first-order valence-electron chi connectivity index (χ1n) is 15.2. The van der Waals surface area contributed by atoms with E-state index in [9.17, 15) is 8.42 Å². The maximum atomic E-state index is 13.9. The van der Waals surface area contributed by atoms with Crippen LogP contribution in [0, 0.1) is 0 Å². The van der Waals surface area contributed by atoms with Gasteiger partial charge in [0, 0.05) is 54.8 Å². The molecule has 0 fully saturated rings. The Morgan fingerprint density at radius 3 is 1.90 bits per heavy atom. The Labute approximate surface area is 290 Å². The molecular formula is C35H41N3O11S. The minimum Gasteiger partial charge on any atom is -0.492 e. The van der Waals surface area contributed by atoms with Crippen molar-refractivity contribution >= 4 is 44.7 Å². The van der Waals surface area contributed by atoms with Crippen molar-refractivity contribution in [2.75, 3.05) is 33.3 Å². The molecule has 0 spiro atoms. The Hall–Kier alpha value is -5.38. The lowest BCUT2D eigenvalue weighted by molar-refractivity contribution is -0.159. The van der Waals surface area contributed by atoms with E-state index < -0.39 is 39.4 Å². The average Bonchev–Trinajstić information content (AvgIpc) is 3.05. The van der Waals surface area contributed by atoms with E-state index in [1.165, 1.54) is 5.56 Å². The molecule has 4 rings (SSSR count). The molecule has 268 valence electrons. The quantitative estimate of drug-likeness (QED) is 0.163. The number of carbonyl (C=O) groups is 4. The van der Waals surface area contributed by atoms with E-state index in [-0.39, 0.29) is 0 Å². The van der Waals surface area contributed by atoms with Gasteiger partial charge in [0.15, 0.2) is 0 Å². The fourth-order valence-electron chi connectivity index (χ4n) is 4.54. The first kappa shape index (κ1) is 40.8. The number of likely N-dealkylation sites (N-methyl/N-ethyl adjacent to an activating group) is 1. The van der Waals surface area contributed by atoms with E-state index in [4.69, 9.17) is 44.3 Å². The number of carboxylic acids is 4. The number of para-hydroxylation sites is 1. The molecule has 0 aliphatic carbocycles. The number of rotatable bonds is 11. The van der Waals surface area contributed by atoms with Crippen molar-refractivity contribution in [1.82, 2.24) is 14.2 Å². The third-order valence-corrected chi connectivity index (χ3v) is 9.17. The summed E-state index contributed by atoms with van der Waals surface area (Å²) in [5.41, 5.74) is 1.81. The second kappa shape index (κ2) is 19.0. The second-order valence-electron chi connectivity index (χ2n) is 11.7. The highest BCUT2D eigenvalue weighted by atomic mass is 32.2. The molecule has 4 N–H and O–H groups in total. The van der Waals surface area contributed by atoms with Gasteiger partial charge in [0.05, 0.1) is 4.90 Å². The largest absolute Gasteiger partial charge is 0.492 e. The molecule has 0 aliphatic rings. The van der Waals surface area contributed by atoms with E-state index in [0.29, 0.717) is 36.5 Å². The summed E-state index contributed by atoms with van der Waals surface area (Å²) in [7, 11) is -1.74. The lowest BCUT2D eigenvalue weighted by Gasteiger charge is -2.35. The molecule has 1 heterocycles. The van der Waals surface area contributed by atoms with Crippen molar-refractivity contribution in [2.24, 2.45) is 0 Å². The molecule has 1 aromatic heterocycles. The van der Waals surface area contributed by atoms with Crippen LogP contribution in [-0.2, 0) is 35.6 Å². The van der Waals surface area contributed by atoms with E-state index in [2.05, 4.69) is 28.1 Å². The molecule has 0 aliphatic heterocycles. The zero-order valence-electron chi connectivity index (χ0n) is 28.1. The lowest BCUT2D eigenvalue weighted by Crippen LogP contribution is -2.48. The van der Waals surface area contributed by atoms with Crippen LogP contribution in [0.5, 0.6) is 5.75 Å². The number of aromatic nitrogens is 1.